The second kappa shape index (κ2) is 7.25. The summed E-state index contributed by atoms with van der Waals surface area (Å²) in [5.41, 5.74) is 0.776. The fourth-order valence-electron chi connectivity index (χ4n) is 6.15. The van der Waals surface area contributed by atoms with Crippen LogP contribution in [0.3, 0.4) is 0 Å². The summed E-state index contributed by atoms with van der Waals surface area (Å²) in [6, 6.07) is 5.96. The van der Waals surface area contributed by atoms with Crippen LogP contribution in [-0.2, 0) is 20.7 Å². The Labute approximate surface area is 159 Å². The molecule has 0 aliphatic heterocycles. The van der Waals surface area contributed by atoms with E-state index >= 15 is 0 Å². The summed E-state index contributed by atoms with van der Waals surface area (Å²) in [4.78, 5) is 24.2. The van der Waals surface area contributed by atoms with Crippen LogP contribution >= 0.6 is 0 Å². The average molecular weight is 373 g/mol. The van der Waals surface area contributed by atoms with Gasteiger partial charge in [-0.25, -0.2) is 4.39 Å². The smallest absolute Gasteiger partial charge is 0.310 e. The Hall–Kier alpha value is -1.91. The molecule has 27 heavy (non-hydrogen) atoms. The molecule has 146 valence electrons. The Morgan fingerprint density at radius 2 is 1.81 bits per heavy atom. The quantitative estimate of drug-likeness (QED) is 0.775. The van der Waals surface area contributed by atoms with E-state index in [1.165, 1.54) is 50.7 Å². The van der Waals surface area contributed by atoms with Gasteiger partial charge in [0.1, 0.15) is 5.82 Å². The molecular weight excluding hydrogens is 345 g/mol. The molecule has 0 aromatic heterocycles. The van der Waals surface area contributed by atoms with E-state index in [2.05, 4.69) is 12.2 Å². The Balaban J connectivity index is 1.26. The van der Waals surface area contributed by atoms with Gasteiger partial charge in [-0.1, -0.05) is 12.1 Å². The molecule has 4 aliphatic carbocycles. The number of amides is 1. The number of hydrogen-bond acceptors (Lipinski definition) is 3. The zero-order chi connectivity index (χ0) is 19.0. The number of halogens is 1. The molecule has 4 bridgehead atoms. The molecular formula is C22H28FNO3. The van der Waals surface area contributed by atoms with Gasteiger partial charge in [0.25, 0.3) is 5.91 Å². The fraction of sp³-hybridized carbons (Fsp3) is 0.636. The molecule has 1 aromatic rings. The van der Waals surface area contributed by atoms with Crippen LogP contribution in [0.5, 0.6) is 0 Å². The van der Waals surface area contributed by atoms with Gasteiger partial charge < -0.3 is 10.1 Å². The first kappa shape index (κ1) is 18.5. The van der Waals surface area contributed by atoms with Gasteiger partial charge in [0.15, 0.2) is 6.61 Å². The number of esters is 1. The minimum Gasteiger partial charge on any atom is -0.455 e. The van der Waals surface area contributed by atoms with Crippen molar-refractivity contribution in [3.8, 4) is 0 Å². The summed E-state index contributed by atoms with van der Waals surface area (Å²) in [7, 11) is 0. The summed E-state index contributed by atoms with van der Waals surface area (Å²) in [5.74, 6) is 1.35. The van der Waals surface area contributed by atoms with Gasteiger partial charge in [-0.2, -0.15) is 0 Å². The molecule has 0 radical (unpaired) electrons. The highest BCUT2D eigenvalue weighted by atomic mass is 19.1. The zero-order valence-corrected chi connectivity index (χ0v) is 15.9. The molecule has 5 heteroatoms. The molecule has 4 nitrogen and oxygen atoms in total. The molecule has 0 unspecified atom stereocenters. The molecule has 4 aliphatic rings. The molecule has 0 heterocycles. The van der Waals surface area contributed by atoms with E-state index in [0.29, 0.717) is 5.56 Å². The van der Waals surface area contributed by atoms with Gasteiger partial charge in [0.05, 0.1) is 6.42 Å². The molecule has 0 spiro atoms. The standard InChI is InChI=1S/C22H28FNO3/c1-14(22-10-16-5-17(11-22)7-18(6-16)12-22)24-20(25)13-27-21(26)9-15-3-2-4-19(23)8-15/h2-4,8,14,16-18H,5-7,9-13H2,1H3,(H,24,25)/t14-,16?,17?,18?,22?/m1/s1. The molecule has 5 rings (SSSR count). The third-order valence-corrected chi connectivity index (χ3v) is 6.98. The van der Waals surface area contributed by atoms with Crippen molar-refractivity contribution >= 4 is 11.9 Å². The van der Waals surface area contributed by atoms with E-state index < -0.39 is 5.97 Å². The minimum absolute atomic E-state index is 0.0322. The van der Waals surface area contributed by atoms with E-state index in [1.54, 1.807) is 12.1 Å². The predicted octanol–water partition coefficient (Wildman–Crippen LogP) is 3.63. The highest BCUT2D eigenvalue weighted by Gasteiger charge is 2.53. The van der Waals surface area contributed by atoms with Crippen LogP contribution < -0.4 is 5.32 Å². The van der Waals surface area contributed by atoms with Crippen molar-refractivity contribution in [3.05, 3.63) is 35.6 Å². The van der Waals surface area contributed by atoms with Crippen molar-refractivity contribution in [1.82, 2.24) is 5.32 Å². The number of rotatable bonds is 6. The van der Waals surface area contributed by atoms with Crippen molar-refractivity contribution in [2.24, 2.45) is 23.2 Å². The van der Waals surface area contributed by atoms with Crippen molar-refractivity contribution < 1.29 is 18.7 Å². The maximum Gasteiger partial charge on any atom is 0.310 e. The van der Waals surface area contributed by atoms with E-state index in [1.807, 2.05) is 0 Å². The third-order valence-electron chi connectivity index (χ3n) is 6.98. The summed E-state index contributed by atoms with van der Waals surface area (Å²) in [6.07, 6.45) is 7.75. The van der Waals surface area contributed by atoms with Crippen molar-refractivity contribution in [2.45, 2.75) is 57.9 Å². The predicted molar refractivity (Wildman–Crippen MR) is 99.3 cm³/mol. The van der Waals surface area contributed by atoms with Crippen molar-refractivity contribution in [3.63, 3.8) is 0 Å². The fourth-order valence-corrected chi connectivity index (χ4v) is 6.15. The van der Waals surface area contributed by atoms with E-state index in [4.69, 9.17) is 4.74 Å². The normalized spacial score (nSPS) is 32.1. The van der Waals surface area contributed by atoms with Gasteiger partial charge in [0.2, 0.25) is 0 Å². The van der Waals surface area contributed by atoms with Crippen LogP contribution in [0.2, 0.25) is 0 Å². The van der Waals surface area contributed by atoms with Crippen LogP contribution in [0, 0.1) is 29.0 Å². The number of benzene rings is 1. The topological polar surface area (TPSA) is 55.4 Å². The van der Waals surface area contributed by atoms with Crippen LogP contribution in [0.4, 0.5) is 4.39 Å². The van der Waals surface area contributed by atoms with Gasteiger partial charge in [-0.3, -0.25) is 9.59 Å². The number of nitrogens with one attached hydrogen (secondary N) is 1. The van der Waals surface area contributed by atoms with Crippen molar-refractivity contribution in [2.75, 3.05) is 6.61 Å². The Morgan fingerprint density at radius 3 is 2.41 bits per heavy atom. The summed E-state index contributed by atoms with van der Waals surface area (Å²) in [6.45, 7) is 1.84. The number of ether oxygens (including phenoxy) is 1. The van der Waals surface area contributed by atoms with E-state index in [0.717, 1.165) is 17.8 Å². The maximum atomic E-state index is 13.2. The number of carbonyl (C=O) groups excluding carboxylic acids is 2. The lowest BCUT2D eigenvalue weighted by Crippen LogP contribution is -2.56. The molecule has 4 fully saturated rings. The Bertz CT molecular complexity index is 697. The average Bonchev–Trinajstić information content (AvgIpc) is 2.59. The first-order valence-electron chi connectivity index (χ1n) is 10.1. The minimum atomic E-state index is -0.516. The first-order chi connectivity index (χ1) is 12.9. The second-order valence-corrected chi connectivity index (χ2v) is 9.04. The van der Waals surface area contributed by atoms with Gasteiger partial charge in [0, 0.05) is 6.04 Å². The third kappa shape index (κ3) is 4.02. The summed E-state index contributed by atoms with van der Waals surface area (Å²) in [5, 5.41) is 3.09. The second-order valence-electron chi connectivity index (χ2n) is 9.04. The zero-order valence-electron chi connectivity index (χ0n) is 15.9. The van der Waals surface area contributed by atoms with Crippen LogP contribution in [0.25, 0.3) is 0 Å². The molecule has 1 amide bonds. The van der Waals surface area contributed by atoms with Crippen LogP contribution in [0.15, 0.2) is 24.3 Å². The SMILES string of the molecule is C[C@@H](NC(=O)COC(=O)Cc1cccc(F)c1)C12CC3CC(CC(C3)C1)C2. The first-order valence-corrected chi connectivity index (χ1v) is 10.1. The molecule has 1 atom stereocenters. The number of carbonyl (C=O) groups is 2. The lowest BCUT2D eigenvalue weighted by molar-refractivity contribution is -0.148. The maximum absolute atomic E-state index is 13.2. The lowest BCUT2D eigenvalue weighted by atomic mass is 9.48. The monoisotopic (exact) mass is 373 g/mol. The highest BCUT2D eigenvalue weighted by molar-refractivity contribution is 5.81. The van der Waals surface area contributed by atoms with E-state index in [9.17, 15) is 14.0 Å². The Morgan fingerprint density at radius 1 is 1.19 bits per heavy atom. The van der Waals surface area contributed by atoms with Gasteiger partial charge in [-0.15, -0.1) is 0 Å². The Kier molecular flexibility index (Phi) is 4.95. The highest BCUT2D eigenvalue weighted by Crippen LogP contribution is 2.61. The summed E-state index contributed by atoms with van der Waals surface area (Å²) >= 11 is 0. The van der Waals surface area contributed by atoms with Crippen LogP contribution in [0.1, 0.15) is 51.0 Å². The van der Waals surface area contributed by atoms with Crippen molar-refractivity contribution in [1.29, 1.82) is 0 Å². The van der Waals surface area contributed by atoms with Gasteiger partial charge >= 0.3 is 5.97 Å². The molecule has 0 saturated heterocycles. The van der Waals surface area contributed by atoms with E-state index in [-0.39, 0.29) is 36.2 Å². The molecule has 4 saturated carbocycles. The summed E-state index contributed by atoms with van der Waals surface area (Å²) < 4.78 is 18.3. The lowest BCUT2D eigenvalue weighted by Gasteiger charge is -2.59. The molecule has 1 aromatic carbocycles. The molecule has 1 N–H and O–H groups in total. The van der Waals surface area contributed by atoms with Crippen LogP contribution in [-0.4, -0.2) is 24.5 Å². The largest absolute Gasteiger partial charge is 0.455 e. The number of hydrogen-bond donors (Lipinski definition) is 1. The van der Waals surface area contributed by atoms with Gasteiger partial charge in [-0.05, 0) is 86.3 Å².